The molecule has 0 aliphatic carbocycles. The van der Waals surface area contributed by atoms with Crippen molar-refractivity contribution in [2.45, 2.75) is 31.3 Å². The quantitative estimate of drug-likeness (QED) is 0.392. The van der Waals surface area contributed by atoms with E-state index in [-0.39, 0.29) is 40.8 Å². The summed E-state index contributed by atoms with van der Waals surface area (Å²) in [4.78, 5) is 64.0. The second kappa shape index (κ2) is 14.9. The SMILES string of the molecule is COC(=O)CCC(=O)N1CCSC[C@H]1C(=O)N[C@@H](Cc1ccc(NC(=O)c2c(Cl)cccc2Cl)cc1)C(=O)OC. The van der Waals surface area contributed by atoms with E-state index in [9.17, 15) is 24.0 Å². The van der Waals surface area contributed by atoms with Gasteiger partial charge in [-0.3, -0.25) is 19.2 Å². The maximum Gasteiger partial charge on any atom is 0.328 e. The maximum atomic E-state index is 13.2. The molecule has 2 atom stereocenters. The molecule has 0 radical (unpaired) electrons. The number of rotatable bonds is 10. The van der Waals surface area contributed by atoms with Crippen LogP contribution in [0.4, 0.5) is 5.69 Å². The van der Waals surface area contributed by atoms with Gasteiger partial charge in [-0.1, -0.05) is 41.4 Å². The van der Waals surface area contributed by atoms with Gasteiger partial charge < -0.3 is 25.0 Å². The van der Waals surface area contributed by atoms with Crippen LogP contribution in [0.2, 0.25) is 10.0 Å². The van der Waals surface area contributed by atoms with E-state index in [1.54, 1.807) is 42.5 Å². The molecule has 1 fully saturated rings. The van der Waals surface area contributed by atoms with E-state index in [0.29, 0.717) is 29.3 Å². The Morgan fingerprint density at radius 3 is 2.30 bits per heavy atom. The normalized spacial score (nSPS) is 15.5. The molecule has 1 aliphatic heterocycles. The number of carbonyl (C=O) groups excluding carboxylic acids is 5. The Morgan fingerprint density at radius 1 is 1.00 bits per heavy atom. The van der Waals surface area contributed by atoms with Crippen LogP contribution >= 0.6 is 35.0 Å². The number of anilines is 1. The van der Waals surface area contributed by atoms with E-state index in [2.05, 4.69) is 15.4 Å². The number of thioether (sulfide) groups is 1. The molecule has 1 aliphatic rings. The minimum absolute atomic E-state index is 0.0763. The van der Waals surface area contributed by atoms with Crippen LogP contribution in [0.3, 0.4) is 0 Å². The van der Waals surface area contributed by atoms with Crippen LogP contribution in [-0.2, 0) is 35.1 Å². The van der Waals surface area contributed by atoms with Crippen molar-refractivity contribution in [3.8, 4) is 0 Å². The maximum absolute atomic E-state index is 13.2. The van der Waals surface area contributed by atoms with Crippen molar-refractivity contribution in [3.63, 3.8) is 0 Å². The van der Waals surface area contributed by atoms with Gasteiger partial charge in [0.1, 0.15) is 12.1 Å². The van der Waals surface area contributed by atoms with Crippen molar-refractivity contribution in [1.82, 2.24) is 10.2 Å². The zero-order valence-electron chi connectivity index (χ0n) is 21.9. The predicted molar refractivity (Wildman–Crippen MR) is 153 cm³/mol. The molecule has 10 nitrogen and oxygen atoms in total. The van der Waals surface area contributed by atoms with Crippen molar-refractivity contribution in [3.05, 3.63) is 63.6 Å². The van der Waals surface area contributed by atoms with Gasteiger partial charge in [0.15, 0.2) is 0 Å². The molecule has 0 unspecified atom stereocenters. The smallest absolute Gasteiger partial charge is 0.328 e. The van der Waals surface area contributed by atoms with E-state index in [4.69, 9.17) is 27.9 Å². The number of nitrogens with one attached hydrogen (secondary N) is 2. The summed E-state index contributed by atoms with van der Waals surface area (Å²) in [5.41, 5.74) is 1.32. The van der Waals surface area contributed by atoms with Gasteiger partial charge in [-0.2, -0.15) is 11.8 Å². The minimum atomic E-state index is -1.01. The average Bonchev–Trinajstić information content (AvgIpc) is 2.95. The lowest BCUT2D eigenvalue weighted by Gasteiger charge is -2.35. The summed E-state index contributed by atoms with van der Waals surface area (Å²) in [6.07, 6.45) is -0.0494. The third kappa shape index (κ3) is 8.36. The zero-order valence-corrected chi connectivity index (χ0v) is 24.2. The molecule has 2 aromatic rings. The number of esters is 2. The number of hydrogen-bond donors (Lipinski definition) is 2. The molecule has 214 valence electrons. The van der Waals surface area contributed by atoms with Crippen LogP contribution in [0.15, 0.2) is 42.5 Å². The van der Waals surface area contributed by atoms with Gasteiger partial charge in [0.25, 0.3) is 5.91 Å². The highest BCUT2D eigenvalue weighted by Crippen LogP contribution is 2.25. The van der Waals surface area contributed by atoms with E-state index in [1.165, 1.54) is 30.9 Å². The van der Waals surface area contributed by atoms with Crippen molar-refractivity contribution in [1.29, 1.82) is 0 Å². The largest absolute Gasteiger partial charge is 0.469 e. The van der Waals surface area contributed by atoms with Crippen molar-refractivity contribution < 1.29 is 33.4 Å². The molecule has 0 saturated carbocycles. The molecule has 0 bridgehead atoms. The topological polar surface area (TPSA) is 131 Å². The van der Waals surface area contributed by atoms with Gasteiger partial charge >= 0.3 is 11.9 Å². The van der Waals surface area contributed by atoms with Crippen molar-refractivity contribution >= 4 is 70.3 Å². The van der Waals surface area contributed by atoms with Crippen LogP contribution < -0.4 is 10.6 Å². The third-order valence-electron chi connectivity index (χ3n) is 6.17. The number of carbonyl (C=O) groups is 5. The second-order valence-electron chi connectivity index (χ2n) is 8.79. The van der Waals surface area contributed by atoms with Crippen molar-refractivity contribution in [2.75, 3.05) is 37.6 Å². The Kier molecular flexibility index (Phi) is 11.7. The summed E-state index contributed by atoms with van der Waals surface area (Å²) in [5.74, 6) is -1.45. The Balaban J connectivity index is 1.66. The predicted octanol–water partition coefficient (Wildman–Crippen LogP) is 3.34. The molecule has 1 saturated heterocycles. The number of nitrogens with zero attached hydrogens (tertiary/aromatic N) is 1. The molecular formula is C27H29Cl2N3O7S. The minimum Gasteiger partial charge on any atom is -0.469 e. The Bertz CT molecular complexity index is 1240. The molecule has 2 aromatic carbocycles. The fourth-order valence-corrected chi connectivity index (χ4v) is 5.66. The molecule has 0 aromatic heterocycles. The fraction of sp³-hybridized carbons (Fsp3) is 0.370. The fourth-order valence-electron chi connectivity index (χ4n) is 4.05. The van der Waals surface area contributed by atoms with E-state index < -0.39 is 35.8 Å². The molecule has 40 heavy (non-hydrogen) atoms. The molecule has 3 rings (SSSR count). The van der Waals surface area contributed by atoms with Crippen molar-refractivity contribution in [2.24, 2.45) is 0 Å². The van der Waals surface area contributed by atoms with Gasteiger partial charge in [-0.15, -0.1) is 0 Å². The highest BCUT2D eigenvalue weighted by molar-refractivity contribution is 7.99. The number of hydrogen-bond acceptors (Lipinski definition) is 8. The number of amides is 3. The van der Waals surface area contributed by atoms with E-state index in [0.717, 1.165) is 0 Å². The van der Waals surface area contributed by atoms with Crippen LogP contribution in [0.5, 0.6) is 0 Å². The van der Waals surface area contributed by atoms with Crippen LogP contribution in [-0.4, -0.2) is 78.9 Å². The van der Waals surface area contributed by atoms with E-state index >= 15 is 0 Å². The van der Waals surface area contributed by atoms with Crippen LogP contribution in [0.1, 0.15) is 28.8 Å². The number of halogens is 2. The molecule has 1 heterocycles. The Labute approximate surface area is 246 Å². The lowest BCUT2D eigenvalue weighted by atomic mass is 10.0. The highest BCUT2D eigenvalue weighted by atomic mass is 35.5. The van der Waals surface area contributed by atoms with Gasteiger partial charge in [-0.05, 0) is 29.8 Å². The lowest BCUT2D eigenvalue weighted by molar-refractivity contribution is -0.147. The van der Waals surface area contributed by atoms with Crippen LogP contribution in [0.25, 0.3) is 0 Å². The Morgan fingerprint density at radius 2 is 1.68 bits per heavy atom. The molecule has 2 N–H and O–H groups in total. The highest BCUT2D eigenvalue weighted by Gasteiger charge is 2.35. The molecule has 13 heteroatoms. The second-order valence-corrected chi connectivity index (χ2v) is 10.8. The zero-order chi connectivity index (χ0) is 29.2. The van der Waals surface area contributed by atoms with Gasteiger partial charge in [0.05, 0.1) is 36.2 Å². The molecule has 0 spiro atoms. The van der Waals surface area contributed by atoms with Gasteiger partial charge in [0.2, 0.25) is 11.8 Å². The first kappa shape index (κ1) is 31.3. The van der Waals surface area contributed by atoms with Crippen LogP contribution in [0, 0.1) is 0 Å². The summed E-state index contributed by atoms with van der Waals surface area (Å²) >= 11 is 13.7. The number of ether oxygens (including phenoxy) is 2. The summed E-state index contributed by atoms with van der Waals surface area (Å²) in [6.45, 7) is 0.345. The van der Waals surface area contributed by atoms with E-state index in [1.807, 2.05) is 0 Å². The summed E-state index contributed by atoms with van der Waals surface area (Å²) in [5, 5.41) is 5.89. The molecule has 3 amide bonds. The van der Waals surface area contributed by atoms with Gasteiger partial charge in [0, 0.05) is 36.6 Å². The first-order valence-electron chi connectivity index (χ1n) is 12.3. The average molecular weight is 611 g/mol. The first-order chi connectivity index (χ1) is 19.1. The number of methoxy groups -OCH3 is 2. The molecular weight excluding hydrogens is 581 g/mol. The number of benzene rings is 2. The standard InChI is InChI=1S/C27H29Cl2N3O7S/c1-38-23(34)11-10-22(33)32-12-13-40-15-21(32)25(35)31-20(27(37)39-2)14-16-6-8-17(9-7-16)30-26(36)24-18(28)4-3-5-19(24)29/h3-9,20-21H,10-15H2,1-2H3,(H,30,36)(H,31,35)/t20-,21-/m0/s1. The third-order valence-corrected chi connectivity index (χ3v) is 7.82. The first-order valence-corrected chi connectivity index (χ1v) is 14.2. The summed E-state index contributed by atoms with van der Waals surface area (Å²) in [6, 6.07) is 9.65. The monoisotopic (exact) mass is 609 g/mol. The van der Waals surface area contributed by atoms with Gasteiger partial charge in [-0.25, -0.2) is 4.79 Å². The lowest BCUT2D eigenvalue weighted by Crippen LogP contribution is -2.57. The summed E-state index contributed by atoms with van der Waals surface area (Å²) < 4.78 is 9.49. The summed E-state index contributed by atoms with van der Waals surface area (Å²) in [7, 11) is 2.47. The Hall–Kier alpha value is -3.28.